The van der Waals surface area contributed by atoms with Crippen LogP contribution in [-0.2, 0) is 0 Å². The fourth-order valence-corrected chi connectivity index (χ4v) is 2.39. The van der Waals surface area contributed by atoms with Crippen LogP contribution in [0.1, 0.15) is 5.56 Å². The number of fused-ring (bicyclic) bond motifs is 1. The molecular weight excluding hydrogens is 272 g/mol. The second-order valence-electron chi connectivity index (χ2n) is 4.56. The summed E-state index contributed by atoms with van der Waals surface area (Å²) < 4.78 is 5.35. The van der Waals surface area contributed by atoms with E-state index >= 15 is 0 Å². The Morgan fingerprint density at radius 3 is 2.65 bits per heavy atom. The lowest BCUT2D eigenvalue weighted by molar-refractivity contribution is 0.416. The molecule has 1 heterocycles. The van der Waals surface area contributed by atoms with E-state index in [1.54, 1.807) is 7.11 Å². The largest absolute Gasteiger partial charge is 0.496 e. The minimum atomic E-state index is 0.458. The van der Waals surface area contributed by atoms with Gasteiger partial charge in [0.05, 0.1) is 18.2 Å². The molecule has 100 valence electrons. The number of hydrogen-bond donors (Lipinski definition) is 0. The third kappa shape index (κ3) is 2.21. The normalized spacial score (nSPS) is 10.8. The fourth-order valence-electron chi connectivity index (χ4n) is 2.15. The van der Waals surface area contributed by atoms with Crippen LogP contribution in [0.2, 0.25) is 5.15 Å². The van der Waals surface area contributed by atoms with Gasteiger partial charge in [-0.25, -0.2) is 9.97 Å². The summed E-state index contributed by atoms with van der Waals surface area (Å²) in [5, 5.41) is 1.32. The van der Waals surface area contributed by atoms with Crippen molar-refractivity contribution in [2.45, 2.75) is 6.92 Å². The van der Waals surface area contributed by atoms with Gasteiger partial charge in [0.2, 0.25) is 0 Å². The Kier molecular flexibility index (Phi) is 3.28. The molecule has 0 saturated heterocycles. The van der Waals surface area contributed by atoms with Crippen LogP contribution >= 0.6 is 11.6 Å². The first-order chi connectivity index (χ1) is 9.69. The smallest absolute Gasteiger partial charge is 0.165 e. The SMILES string of the molecule is COc1ccccc1-c1nc(Cl)c2cc(C)ccc2n1. The van der Waals surface area contributed by atoms with E-state index in [0.29, 0.717) is 11.0 Å². The summed E-state index contributed by atoms with van der Waals surface area (Å²) in [5.74, 6) is 1.30. The maximum Gasteiger partial charge on any atom is 0.165 e. The molecule has 0 radical (unpaired) electrons. The average molecular weight is 285 g/mol. The van der Waals surface area contributed by atoms with Gasteiger partial charge in [-0.15, -0.1) is 0 Å². The zero-order valence-corrected chi connectivity index (χ0v) is 12.0. The molecule has 3 nitrogen and oxygen atoms in total. The molecule has 0 saturated carbocycles. The van der Waals surface area contributed by atoms with Crippen LogP contribution in [-0.4, -0.2) is 17.1 Å². The number of benzene rings is 2. The second kappa shape index (κ2) is 5.10. The lowest BCUT2D eigenvalue weighted by Crippen LogP contribution is -1.95. The molecular formula is C16H13ClN2O. The Labute approximate surface area is 122 Å². The summed E-state index contributed by atoms with van der Waals surface area (Å²) >= 11 is 6.29. The molecule has 2 aromatic carbocycles. The van der Waals surface area contributed by atoms with Crippen molar-refractivity contribution in [2.24, 2.45) is 0 Å². The lowest BCUT2D eigenvalue weighted by Gasteiger charge is -2.09. The Bertz CT molecular complexity index is 787. The van der Waals surface area contributed by atoms with Gasteiger partial charge < -0.3 is 4.74 Å². The summed E-state index contributed by atoms with van der Waals surface area (Å²) in [6.45, 7) is 2.02. The molecule has 0 amide bonds. The standard InChI is InChI=1S/C16H13ClN2O/c1-10-7-8-13-12(9-10)15(17)19-16(18-13)11-5-3-4-6-14(11)20-2/h3-9H,1-2H3. The highest BCUT2D eigenvalue weighted by Crippen LogP contribution is 2.30. The number of halogens is 1. The molecule has 3 aromatic rings. The van der Waals surface area contributed by atoms with Gasteiger partial charge in [-0.3, -0.25) is 0 Å². The molecule has 0 fully saturated rings. The van der Waals surface area contributed by atoms with E-state index in [-0.39, 0.29) is 0 Å². The van der Waals surface area contributed by atoms with Crippen LogP contribution in [0.4, 0.5) is 0 Å². The molecule has 0 spiro atoms. The predicted octanol–water partition coefficient (Wildman–Crippen LogP) is 4.27. The van der Waals surface area contributed by atoms with Crippen molar-refractivity contribution in [3.63, 3.8) is 0 Å². The summed E-state index contributed by atoms with van der Waals surface area (Å²) in [6.07, 6.45) is 0. The summed E-state index contributed by atoms with van der Waals surface area (Å²) in [4.78, 5) is 8.98. The molecule has 0 unspecified atom stereocenters. The summed E-state index contributed by atoms with van der Waals surface area (Å²) in [7, 11) is 1.63. The molecule has 3 rings (SSSR count). The summed E-state index contributed by atoms with van der Waals surface area (Å²) in [6, 6.07) is 13.6. The van der Waals surface area contributed by atoms with Gasteiger partial charge in [0.15, 0.2) is 5.82 Å². The predicted molar refractivity (Wildman–Crippen MR) is 81.3 cm³/mol. The number of rotatable bonds is 2. The van der Waals surface area contributed by atoms with Crippen LogP contribution in [0.5, 0.6) is 5.75 Å². The van der Waals surface area contributed by atoms with Gasteiger partial charge in [0.1, 0.15) is 10.9 Å². The topological polar surface area (TPSA) is 35.0 Å². The van der Waals surface area contributed by atoms with Crippen molar-refractivity contribution in [3.8, 4) is 17.1 Å². The highest BCUT2D eigenvalue weighted by Gasteiger charge is 2.11. The third-order valence-electron chi connectivity index (χ3n) is 3.15. The van der Waals surface area contributed by atoms with E-state index in [0.717, 1.165) is 27.8 Å². The molecule has 20 heavy (non-hydrogen) atoms. The first kappa shape index (κ1) is 12.9. The monoisotopic (exact) mass is 284 g/mol. The first-order valence-electron chi connectivity index (χ1n) is 6.26. The van der Waals surface area contributed by atoms with Crippen LogP contribution in [0, 0.1) is 6.92 Å². The van der Waals surface area contributed by atoms with Gasteiger partial charge in [0, 0.05) is 5.39 Å². The number of ether oxygens (including phenoxy) is 1. The zero-order chi connectivity index (χ0) is 14.1. The molecule has 0 N–H and O–H groups in total. The number of hydrogen-bond acceptors (Lipinski definition) is 3. The minimum absolute atomic E-state index is 0.458. The zero-order valence-electron chi connectivity index (χ0n) is 11.2. The van der Waals surface area contributed by atoms with Gasteiger partial charge in [-0.2, -0.15) is 0 Å². The van der Waals surface area contributed by atoms with Gasteiger partial charge >= 0.3 is 0 Å². The van der Waals surface area contributed by atoms with Crippen LogP contribution in [0.3, 0.4) is 0 Å². The number of methoxy groups -OCH3 is 1. The maximum absolute atomic E-state index is 6.29. The van der Waals surface area contributed by atoms with E-state index in [4.69, 9.17) is 16.3 Å². The number of aryl methyl sites for hydroxylation is 1. The van der Waals surface area contributed by atoms with Gasteiger partial charge in [-0.05, 0) is 31.2 Å². The highest BCUT2D eigenvalue weighted by atomic mass is 35.5. The Balaban J connectivity index is 2.25. The molecule has 0 aliphatic heterocycles. The highest BCUT2D eigenvalue weighted by molar-refractivity contribution is 6.34. The van der Waals surface area contributed by atoms with E-state index in [1.807, 2.05) is 49.4 Å². The number of para-hydroxylation sites is 1. The molecule has 0 bridgehead atoms. The van der Waals surface area contributed by atoms with Crippen molar-refractivity contribution >= 4 is 22.5 Å². The Morgan fingerprint density at radius 1 is 1.05 bits per heavy atom. The van der Waals surface area contributed by atoms with Crippen molar-refractivity contribution in [3.05, 3.63) is 53.2 Å². The lowest BCUT2D eigenvalue weighted by atomic mass is 10.1. The maximum atomic E-state index is 6.29. The van der Waals surface area contributed by atoms with Crippen LogP contribution in [0.15, 0.2) is 42.5 Å². The fraction of sp³-hybridized carbons (Fsp3) is 0.125. The van der Waals surface area contributed by atoms with E-state index < -0.39 is 0 Å². The van der Waals surface area contributed by atoms with E-state index in [2.05, 4.69) is 9.97 Å². The molecule has 0 aliphatic rings. The number of nitrogens with zero attached hydrogens (tertiary/aromatic N) is 2. The van der Waals surface area contributed by atoms with E-state index in [1.165, 1.54) is 0 Å². The second-order valence-corrected chi connectivity index (χ2v) is 4.92. The first-order valence-corrected chi connectivity index (χ1v) is 6.64. The summed E-state index contributed by atoms with van der Waals surface area (Å²) in [5.41, 5.74) is 2.80. The van der Waals surface area contributed by atoms with Crippen LogP contribution < -0.4 is 4.74 Å². The van der Waals surface area contributed by atoms with Crippen molar-refractivity contribution < 1.29 is 4.74 Å². The minimum Gasteiger partial charge on any atom is -0.496 e. The average Bonchev–Trinajstić information content (AvgIpc) is 2.47. The molecule has 0 aliphatic carbocycles. The van der Waals surface area contributed by atoms with E-state index in [9.17, 15) is 0 Å². The Morgan fingerprint density at radius 2 is 1.85 bits per heavy atom. The van der Waals surface area contributed by atoms with Crippen molar-refractivity contribution in [2.75, 3.05) is 7.11 Å². The van der Waals surface area contributed by atoms with Crippen molar-refractivity contribution in [1.82, 2.24) is 9.97 Å². The third-order valence-corrected chi connectivity index (χ3v) is 3.44. The Hall–Kier alpha value is -2.13. The molecule has 0 atom stereocenters. The van der Waals surface area contributed by atoms with Gasteiger partial charge in [-0.1, -0.05) is 35.4 Å². The van der Waals surface area contributed by atoms with Crippen LogP contribution in [0.25, 0.3) is 22.3 Å². The quantitative estimate of drug-likeness (QED) is 0.659. The number of aromatic nitrogens is 2. The van der Waals surface area contributed by atoms with Crippen molar-refractivity contribution in [1.29, 1.82) is 0 Å². The van der Waals surface area contributed by atoms with Gasteiger partial charge in [0.25, 0.3) is 0 Å². The molecule has 1 aromatic heterocycles. The molecule has 4 heteroatoms.